The Morgan fingerprint density at radius 1 is 1.29 bits per heavy atom. The van der Waals surface area contributed by atoms with Gasteiger partial charge in [0.1, 0.15) is 10.3 Å². The van der Waals surface area contributed by atoms with E-state index >= 15 is 0 Å². The summed E-state index contributed by atoms with van der Waals surface area (Å²) >= 11 is 7.32. The lowest BCUT2D eigenvalue weighted by Gasteiger charge is -1.98. The summed E-state index contributed by atoms with van der Waals surface area (Å²) < 4.78 is 4.54. The molecule has 21 heavy (non-hydrogen) atoms. The van der Waals surface area contributed by atoms with Gasteiger partial charge >= 0.3 is 0 Å². The van der Waals surface area contributed by atoms with E-state index in [-0.39, 0.29) is 5.56 Å². The fourth-order valence-corrected chi connectivity index (χ4v) is 3.29. The van der Waals surface area contributed by atoms with Crippen molar-refractivity contribution in [3.05, 3.63) is 51.5 Å². The van der Waals surface area contributed by atoms with Gasteiger partial charge in [-0.3, -0.25) is 4.79 Å². The van der Waals surface area contributed by atoms with Crippen LogP contribution in [0.5, 0.6) is 0 Å². The van der Waals surface area contributed by atoms with Crippen LogP contribution in [0.3, 0.4) is 0 Å². The van der Waals surface area contributed by atoms with E-state index < -0.39 is 0 Å². The summed E-state index contributed by atoms with van der Waals surface area (Å²) in [6, 6.07) is 7.01. The second-order valence-corrected chi connectivity index (χ2v) is 5.95. The minimum atomic E-state index is -0.174. The van der Waals surface area contributed by atoms with Crippen LogP contribution in [0.15, 0.2) is 35.3 Å². The number of pyridine rings is 1. The maximum atomic E-state index is 12.5. The number of aryl methyl sites for hydroxylation is 1. The monoisotopic (exact) mass is 316 g/mol. The van der Waals surface area contributed by atoms with Gasteiger partial charge in [0.2, 0.25) is 0 Å². The average Bonchev–Trinajstić information content (AvgIpc) is 3.02. The normalized spacial score (nSPS) is 11.5. The number of aromatic nitrogens is 4. The number of benzene rings is 1. The van der Waals surface area contributed by atoms with Crippen LogP contribution >= 0.6 is 23.1 Å². The molecule has 4 rings (SSSR count). The van der Waals surface area contributed by atoms with Gasteiger partial charge in [-0.05, 0) is 42.7 Å². The zero-order chi connectivity index (χ0) is 14.6. The van der Waals surface area contributed by atoms with Crippen LogP contribution in [0.25, 0.3) is 26.8 Å². The molecule has 0 unspecified atom stereocenters. The van der Waals surface area contributed by atoms with Crippen molar-refractivity contribution in [2.75, 3.05) is 0 Å². The largest absolute Gasteiger partial charge is 0.313 e. The van der Waals surface area contributed by atoms with Crippen LogP contribution in [0.4, 0.5) is 0 Å². The zero-order valence-electron chi connectivity index (χ0n) is 10.9. The molecule has 0 radical (unpaired) electrons. The minimum absolute atomic E-state index is 0.174. The predicted octanol–water partition coefficient (Wildman–Crippen LogP) is 3.29. The molecule has 0 bridgehead atoms. The molecule has 0 amide bonds. The van der Waals surface area contributed by atoms with Gasteiger partial charge in [-0.25, -0.2) is 4.98 Å². The van der Waals surface area contributed by atoms with Gasteiger partial charge in [-0.15, -0.1) is 0 Å². The van der Waals surface area contributed by atoms with E-state index in [1.165, 1.54) is 16.2 Å². The Hall–Kier alpha value is -2.18. The molecule has 7 heteroatoms. The lowest BCUT2D eigenvalue weighted by atomic mass is 10.2. The van der Waals surface area contributed by atoms with E-state index in [0.29, 0.717) is 21.6 Å². The maximum Gasteiger partial charge on any atom is 0.282 e. The van der Waals surface area contributed by atoms with Crippen molar-refractivity contribution in [2.24, 2.45) is 0 Å². The number of nitrogens with zero attached hydrogens (tertiary/aromatic N) is 3. The van der Waals surface area contributed by atoms with Crippen molar-refractivity contribution in [1.82, 2.24) is 19.1 Å². The third kappa shape index (κ3) is 1.80. The van der Waals surface area contributed by atoms with Crippen LogP contribution in [-0.4, -0.2) is 19.1 Å². The Labute approximate surface area is 128 Å². The van der Waals surface area contributed by atoms with E-state index in [1.807, 2.05) is 6.92 Å². The van der Waals surface area contributed by atoms with Crippen LogP contribution < -0.4 is 5.56 Å². The molecule has 0 aliphatic rings. The lowest BCUT2D eigenvalue weighted by molar-refractivity contribution is 0.864. The molecule has 0 saturated heterocycles. The molecule has 4 aromatic rings. The van der Waals surface area contributed by atoms with Crippen LogP contribution in [0.2, 0.25) is 5.02 Å². The summed E-state index contributed by atoms with van der Waals surface area (Å²) in [4.78, 5) is 17.7. The smallest absolute Gasteiger partial charge is 0.282 e. The Morgan fingerprint density at radius 3 is 2.81 bits per heavy atom. The van der Waals surface area contributed by atoms with Crippen molar-refractivity contribution < 1.29 is 0 Å². The van der Waals surface area contributed by atoms with E-state index in [4.69, 9.17) is 11.6 Å². The second kappa shape index (κ2) is 4.41. The lowest BCUT2D eigenvalue weighted by Crippen LogP contribution is -2.13. The van der Waals surface area contributed by atoms with Gasteiger partial charge in [-0.2, -0.15) is 9.78 Å². The molecular weight excluding hydrogens is 308 g/mol. The maximum absolute atomic E-state index is 12.5. The van der Waals surface area contributed by atoms with Gasteiger partial charge in [0.25, 0.3) is 5.56 Å². The molecule has 104 valence electrons. The first kappa shape index (κ1) is 12.6. The van der Waals surface area contributed by atoms with Gasteiger partial charge in [-0.1, -0.05) is 11.6 Å². The summed E-state index contributed by atoms with van der Waals surface area (Å²) in [5.41, 5.74) is 2.15. The fourth-order valence-electron chi connectivity index (χ4n) is 2.35. The van der Waals surface area contributed by atoms with Gasteiger partial charge in [0, 0.05) is 16.9 Å². The van der Waals surface area contributed by atoms with Crippen LogP contribution in [0, 0.1) is 6.92 Å². The van der Waals surface area contributed by atoms with Gasteiger partial charge in [0.15, 0.2) is 0 Å². The zero-order valence-corrected chi connectivity index (χ0v) is 12.5. The molecule has 0 aliphatic heterocycles. The first-order valence-corrected chi connectivity index (χ1v) is 7.46. The van der Waals surface area contributed by atoms with E-state index in [1.54, 1.807) is 30.5 Å². The van der Waals surface area contributed by atoms with Gasteiger partial charge < -0.3 is 4.37 Å². The first-order chi connectivity index (χ1) is 10.1. The van der Waals surface area contributed by atoms with E-state index in [2.05, 4.69) is 14.5 Å². The molecule has 1 aromatic carbocycles. The number of fused-ring (bicyclic) bond motifs is 3. The van der Waals surface area contributed by atoms with Crippen molar-refractivity contribution in [1.29, 1.82) is 0 Å². The summed E-state index contributed by atoms with van der Waals surface area (Å²) in [7, 11) is 0. The third-order valence-corrected chi connectivity index (χ3v) is 4.55. The summed E-state index contributed by atoms with van der Waals surface area (Å²) in [5, 5.41) is 6.53. The van der Waals surface area contributed by atoms with E-state index in [9.17, 15) is 4.79 Å². The van der Waals surface area contributed by atoms with Crippen molar-refractivity contribution in [3.8, 4) is 5.69 Å². The third-order valence-electron chi connectivity index (χ3n) is 3.39. The molecule has 3 aromatic heterocycles. The average molecular weight is 317 g/mol. The summed E-state index contributed by atoms with van der Waals surface area (Å²) in [6.07, 6.45) is 1.59. The van der Waals surface area contributed by atoms with E-state index in [0.717, 1.165) is 15.9 Å². The Bertz CT molecular complexity index is 1030. The molecule has 0 saturated carbocycles. The highest BCUT2D eigenvalue weighted by atomic mass is 35.5. The van der Waals surface area contributed by atoms with Gasteiger partial charge in [0.05, 0.1) is 16.5 Å². The Balaban J connectivity index is 2.09. The van der Waals surface area contributed by atoms with Crippen LogP contribution in [-0.2, 0) is 0 Å². The topological polar surface area (TPSA) is 63.6 Å². The van der Waals surface area contributed by atoms with Crippen molar-refractivity contribution >= 4 is 44.3 Å². The number of hydrogen-bond acceptors (Lipinski definition) is 4. The molecule has 5 nitrogen and oxygen atoms in total. The molecule has 0 fully saturated rings. The quantitative estimate of drug-likeness (QED) is 0.586. The molecule has 1 N–H and O–H groups in total. The number of H-pyrrole nitrogens is 1. The SMILES string of the molecule is Cc1[nH]sc2ncc3c(=O)n(-c4ccc(Cl)cc4)nc3c12. The highest BCUT2D eigenvalue weighted by Crippen LogP contribution is 2.26. The Morgan fingerprint density at radius 2 is 2.05 bits per heavy atom. The number of rotatable bonds is 1. The molecule has 0 atom stereocenters. The van der Waals surface area contributed by atoms with Crippen molar-refractivity contribution in [3.63, 3.8) is 0 Å². The van der Waals surface area contributed by atoms with Crippen LogP contribution in [0.1, 0.15) is 5.69 Å². The fraction of sp³-hybridized carbons (Fsp3) is 0.0714. The number of nitrogens with one attached hydrogen (secondary N) is 1. The molecular formula is C14H9ClN4OS. The standard InChI is InChI=1S/C14H9ClN4OS/c1-7-11-12-10(6-16-13(11)21-18-7)14(20)19(17-12)9-4-2-8(15)3-5-9/h2-6,18H,1H3. The molecule has 0 spiro atoms. The predicted molar refractivity (Wildman–Crippen MR) is 84.6 cm³/mol. The second-order valence-electron chi connectivity index (χ2n) is 4.72. The molecule has 0 aliphatic carbocycles. The van der Waals surface area contributed by atoms with Crippen molar-refractivity contribution in [2.45, 2.75) is 6.92 Å². The first-order valence-electron chi connectivity index (χ1n) is 6.26. The minimum Gasteiger partial charge on any atom is -0.313 e. The number of hydrogen-bond donors (Lipinski definition) is 1. The Kier molecular flexibility index (Phi) is 2.63. The molecule has 3 heterocycles. The number of halogens is 1. The number of aromatic amines is 1. The summed E-state index contributed by atoms with van der Waals surface area (Å²) in [6.45, 7) is 1.95. The summed E-state index contributed by atoms with van der Waals surface area (Å²) in [5.74, 6) is 0. The highest BCUT2D eigenvalue weighted by molar-refractivity contribution is 7.13. The highest BCUT2D eigenvalue weighted by Gasteiger charge is 2.15.